The van der Waals surface area contributed by atoms with Crippen molar-refractivity contribution in [3.63, 3.8) is 0 Å². The van der Waals surface area contributed by atoms with Crippen LogP contribution in [0.25, 0.3) is 0 Å². The minimum absolute atomic E-state index is 0.0231. The topological polar surface area (TPSA) is 69.6 Å². The second-order valence-corrected chi connectivity index (χ2v) is 9.22. The number of nitrogens with one attached hydrogen (secondary N) is 1. The molecule has 0 saturated carbocycles. The lowest BCUT2D eigenvalue weighted by Crippen LogP contribution is -2.50. The predicted octanol–water partition coefficient (Wildman–Crippen LogP) is 2.08. The highest BCUT2D eigenvalue weighted by Crippen LogP contribution is 2.30. The van der Waals surface area contributed by atoms with Crippen LogP contribution in [0.4, 0.5) is 0 Å². The van der Waals surface area contributed by atoms with Gasteiger partial charge >= 0.3 is 0 Å². The maximum Gasteiger partial charge on any atom is 0.241 e. The molecular weight excluding hydrogens is 384 g/mol. The molecule has 6 heteroatoms. The molecule has 3 aliphatic rings. The third-order valence-electron chi connectivity index (χ3n) is 6.91. The van der Waals surface area contributed by atoms with Crippen LogP contribution in [-0.4, -0.2) is 58.3 Å². The molecule has 2 fully saturated rings. The summed E-state index contributed by atoms with van der Waals surface area (Å²) in [4.78, 5) is 28.5. The van der Waals surface area contributed by atoms with Gasteiger partial charge in [0.25, 0.3) is 0 Å². The molecule has 5 nitrogen and oxygen atoms in total. The highest BCUT2D eigenvalue weighted by Gasteiger charge is 2.44. The molecule has 1 aromatic carbocycles. The monoisotopic (exact) mass is 414 g/mol. The molecule has 0 spiro atoms. The average Bonchev–Trinajstić information content (AvgIpc) is 3.37. The molecule has 1 aliphatic carbocycles. The first-order chi connectivity index (χ1) is 14.1. The normalized spacial score (nSPS) is 29.1. The molecule has 2 saturated heterocycles. The quantitative estimate of drug-likeness (QED) is 0.698. The van der Waals surface area contributed by atoms with E-state index < -0.39 is 12.0 Å². The molecule has 0 aromatic heterocycles. The molecule has 156 valence electrons. The van der Waals surface area contributed by atoms with Gasteiger partial charge in [0.1, 0.15) is 11.8 Å². The Balaban J connectivity index is 1.37. The van der Waals surface area contributed by atoms with Crippen LogP contribution in [0.15, 0.2) is 24.3 Å². The smallest absolute Gasteiger partial charge is 0.241 e. The van der Waals surface area contributed by atoms with Crippen molar-refractivity contribution in [3.8, 4) is 0 Å². The summed E-state index contributed by atoms with van der Waals surface area (Å²) in [6, 6.07) is 7.89. The first-order valence-electron chi connectivity index (χ1n) is 10.9. The fourth-order valence-electron chi connectivity index (χ4n) is 5.24. The number of aliphatic hydroxyl groups excluding tert-OH is 1. The first-order valence-corrected chi connectivity index (χ1v) is 11.3. The van der Waals surface area contributed by atoms with Crippen molar-refractivity contribution < 1.29 is 14.7 Å². The Morgan fingerprint density at radius 2 is 2.00 bits per heavy atom. The van der Waals surface area contributed by atoms with Gasteiger partial charge in [-0.15, -0.1) is 0 Å². The van der Waals surface area contributed by atoms with E-state index in [4.69, 9.17) is 12.2 Å². The second kappa shape index (κ2) is 9.02. The summed E-state index contributed by atoms with van der Waals surface area (Å²) in [5.74, 6) is 0.0277. The van der Waals surface area contributed by atoms with Gasteiger partial charge in [-0.05, 0) is 55.6 Å². The van der Waals surface area contributed by atoms with E-state index in [-0.39, 0.29) is 24.3 Å². The van der Waals surface area contributed by atoms with Gasteiger partial charge in [0, 0.05) is 24.4 Å². The minimum Gasteiger partial charge on any atom is -0.394 e. The summed E-state index contributed by atoms with van der Waals surface area (Å²) in [7, 11) is 0. The molecular formula is C23H30N2O3S. The van der Waals surface area contributed by atoms with E-state index >= 15 is 0 Å². The van der Waals surface area contributed by atoms with Crippen molar-refractivity contribution in [3.05, 3.63) is 35.4 Å². The molecule has 2 heterocycles. The predicted molar refractivity (Wildman–Crippen MR) is 116 cm³/mol. The van der Waals surface area contributed by atoms with Gasteiger partial charge in [0.15, 0.2) is 0 Å². The standard InChI is InChI=1S/C23H30N2O3S/c26-14-18-6-3-11-25(18)23(28)22-21(20(29)13-24-22)19(27)10-8-15-7-9-16-4-1-2-5-17(16)12-15/h1-2,4-5,15,18,21-22,24,26H,3,6-14H2/t15-,18+,21?,22+/m1/s1. The number of aryl methyl sites for hydroxylation is 1. The SMILES string of the molecule is O=C(CC[C@H]1CCc2ccccc2C1)C1C(=S)CN[C@@H]1C(=O)N1CCC[C@H]1CO. The van der Waals surface area contributed by atoms with Gasteiger partial charge in [-0.1, -0.05) is 36.5 Å². The van der Waals surface area contributed by atoms with Crippen molar-refractivity contribution in [2.45, 2.75) is 57.0 Å². The summed E-state index contributed by atoms with van der Waals surface area (Å²) in [5, 5.41) is 12.7. The van der Waals surface area contributed by atoms with E-state index in [9.17, 15) is 14.7 Å². The zero-order chi connectivity index (χ0) is 20.4. The number of rotatable bonds is 6. The van der Waals surface area contributed by atoms with E-state index in [1.54, 1.807) is 4.90 Å². The van der Waals surface area contributed by atoms with Crippen molar-refractivity contribution in [1.29, 1.82) is 0 Å². The largest absolute Gasteiger partial charge is 0.394 e. The maximum absolute atomic E-state index is 13.1. The molecule has 1 amide bonds. The van der Waals surface area contributed by atoms with Crippen LogP contribution in [0.2, 0.25) is 0 Å². The maximum atomic E-state index is 13.1. The molecule has 1 unspecified atom stereocenters. The van der Waals surface area contributed by atoms with Crippen LogP contribution in [0.1, 0.15) is 43.2 Å². The summed E-state index contributed by atoms with van der Waals surface area (Å²) in [5.41, 5.74) is 2.84. The fraction of sp³-hybridized carbons (Fsp3) is 0.609. The number of hydrogen-bond donors (Lipinski definition) is 2. The number of carbonyl (C=O) groups excluding carboxylic acids is 2. The van der Waals surface area contributed by atoms with Crippen LogP contribution >= 0.6 is 12.2 Å². The van der Waals surface area contributed by atoms with E-state index in [1.807, 2.05) is 0 Å². The third kappa shape index (κ3) is 4.30. The lowest BCUT2D eigenvalue weighted by atomic mass is 9.80. The second-order valence-electron chi connectivity index (χ2n) is 8.70. The molecule has 4 atom stereocenters. The average molecular weight is 415 g/mol. The van der Waals surface area contributed by atoms with Crippen molar-refractivity contribution in [2.75, 3.05) is 19.7 Å². The molecule has 4 rings (SSSR count). The Labute approximate surface area is 177 Å². The zero-order valence-corrected chi connectivity index (χ0v) is 17.6. The number of amides is 1. The number of thiocarbonyl (C=S) groups is 1. The third-order valence-corrected chi connectivity index (χ3v) is 7.31. The van der Waals surface area contributed by atoms with Crippen LogP contribution in [-0.2, 0) is 22.4 Å². The number of nitrogens with zero attached hydrogens (tertiary/aromatic N) is 1. The number of aliphatic hydroxyl groups is 1. The van der Waals surface area contributed by atoms with E-state index in [0.717, 1.165) is 38.5 Å². The van der Waals surface area contributed by atoms with Gasteiger partial charge in [-0.3, -0.25) is 9.59 Å². The van der Waals surface area contributed by atoms with Crippen molar-refractivity contribution in [2.24, 2.45) is 11.8 Å². The number of Topliss-reactive ketones (excluding diaryl/α,β-unsaturated/α-hetero) is 1. The Morgan fingerprint density at radius 1 is 1.21 bits per heavy atom. The van der Waals surface area contributed by atoms with Gasteiger partial charge < -0.3 is 15.3 Å². The molecule has 0 radical (unpaired) electrons. The molecule has 2 N–H and O–H groups in total. The van der Waals surface area contributed by atoms with Crippen molar-refractivity contribution in [1.82, 2.24) is 10.2 Å². The lowest BCUT2D eigenvalue weighted by molar-refractivity contribution is -0.137. The van der Waals surface area contributed by atoms with Gasteiger partial charge in [0.05, 0.1) is 18.6 Å². The van der Waals surface area contributed by atoms with Crippen LogP contribution in [0.3, 0.4) is 0 Å². The van der Waals surface area contributed by atoms with Crippen molar-refractivity contribution >= 4 is 28.8 Å². The molecule has 2 aliphatic heterocycles. The van der Waals surface area contributed by atoms with E-state index in [2.05, 4.69) is 29.6 Å². The number of fused-ring (bicyclic) bond motifs is 1. The van der Waals surface area contributed by atoms with Gasteiger partial charge in [0.2, 0.25) is 5.91 Å². The number of hydrogen-bond acceptors (Lipinski definition) is 5. The van der Waals surface area contributed by atoms with Crippen LogP contribution in [0, 0.1) is 11.8 Å². The van der Waals surface area contributed by atoms with Crippen LogP contribution < -0.4 is 5.32 Å². The molecule has 29 heavy (non-hydrogen) atoms. The molecule has 0 bridgehead atoms. The minimum atomic E-state index is -0.561. The Kier molecular flexibility index (Phi) is 6.42. The van der Waals surface area contributed by atoms with Gasteiger partial charge in [-0.25, -0.2) is 0 Å². The molecule has 1 aromatic rings. The Bertz CT molecular complexity index is 796. The number of carbonyl (C=O) groups is 2. The lowest BCUT2D eigenvalue weighted by Gasteiger charge is -2.29. The summed E-state index contributed by atoms with van der Waals surface area (Å²) < 4.78 is 0. The highest BCUT2D eigenvalue weighted by molar-refractivity contribution is 7.80. The Morgan fingerprint density at radius 3 is 2.79 bits per heavy atom. The van der Waals surface area contributed by atoms with E-state index in [0.29, 0.717) is 30.3 Å². The summed E-state index contributed by atoms with van der Waals surface area (Å²) in [6.07, 6.45) is 6.29. The summed E-state index contributed by atoms with van der Waals surface area (Å²) >= 11 is 5.46. The highest BCUT2D eigenvalue weighted by atomic mass is 32.1. The first kappa shape index (κ1) is 20.6. The zero-order valence-electron chi connectivity index (χ0n) is 16.8. The van der Waals surface area contributed by atoms with Crippen LogP contribution in [0.5, 0.6) is 0 Å². The van der Waals surface area contributed by atoms with E-state index in [1.165, 1.54) is 11.1 Å². The number of ketones is 1. The Hall–Kier alpha value is -1.63. The van der Waals surface area contributed by atoms with Gasteiger partial charge in [-0.2, -0.15) is 0 Å². The number of benzene rings is 1. The number of likely N-dealkylation sites (tertiary alicyclic amines) is 1. The fourth-order valence-corrected chi connectivity index (χ4v) is 5.59. The summed E-state index contributed by atoms with van der Waals surface area (Å²) in [6.45, 7) is 1.07.